The molecule has 0 aromatic carbocycles. The molecule has 0 aromatic heterocycles. The average molecular weight is 237 g/mol. The maximum absolute atomic E-state index is 11.6. The smallest absolute Gasteiger partial charge is 0.237 e. The molecule has 0 radical (unpaired) electrons. The van der Waals surface area contributed by atoms with Crippen LogP contribution in [-0.4, -0.2) is 25.5 Å². The number of carbonyl (C=O) groups excluding carboxylic acids is 1. The lowest BCUT2D eigenvalue weighted by molar-refractivity contribution is -0.123. The van der Waals surface area contributed by atoms with Crippen LogP contribution in [0.3, 0.4) is 0 Å². The van der Waals surface area contributed by atoms with E-state index in [9.17, 15) is 4.79 Å². The third-order valence-corrected chi connectivity index (χ3v) is 2.20. The lowest BCUT2D eigenvalue weighted by Gasteiger charge is -2.17. The summed E-state index contributed by atoms with van der Waals surface area (Å²) in [7, 11) is 1.84. The van der Waals surface area contributed by atoms with E-state index < -0.39 is 0 Å². The summed E-state index contributed by atoms with van der Waals surface area (Å²) in [5, 5.41) is 5.99. The molecule has 0 aliphatic heterocycles. The fourth-order valence-electron chi connectivity index (χ4n) is 1.34. The van der Waals surface area contributed by atoms with Crippen molar-refractivity contribution in [1.82, 2.24) is 10.6 Å². The fraction of sp³-hybridized carbons (Fsp3) is 0.909. The standard InChI is InChI=1S/C11H24N2O.ClH/c1-5-6-7-13-11(14)10(12-4)8-9(2)3;/h9-10,12H,5-8H2,1-4H3,(H,13,14);1H. The minimum absolute atomic E-state index is 0. The Morgan fingerprint density at radius 1 is 1.33 bits per heavy atom. The molecule has 3 nitrogen and oxygen atoms in total. The van der Waals surface area contributed by atoms with Gasteiger partial charge in [-0.05, 0) is 25.8 Å². The molecule has 0 saturated heterocycles. The molecule has 1 amide bonds. The van der Waals surface area contributed by atoms with Gasteiger partial charge in [-0.2, -0.15) is 0 Å². The van der Waals surface area contributed by atoms with Crippen molar-refractivity contribution in [3.05, 3.63) is 0 Å². The highest BCUT2D eigenvalue weighted by atomic mass is 35.5. The Hall–Kier alpha value is -0.280. The van der Waals surface area contributed by atoms with Crippen molar-refractivity contribution in [3.63, 3.8) is 0 Å². The van der Waals surface area contributed by atoms with Gasteiger partial charge >= 0.3 is 0 Å². The van der Waals surface area contributed by atoms with Gasteiger partial charge in [0.15, 0.2) is 0 Å². The minimum Gasteiger partial charge on any atom is -0.355 e. The van der Waals surface area contributed by atoms with Crippen LogP contribution < -0.4 is 10.6 Å². The van der Waals surface area contributed by atoms with Crippen LogP contribution >= 0.6 is 12.4 Å². The summed E-state index contributed by atoms with van der Waals surface area (Å²) in [6, 6.07) is -0.0353. The number of rotatable bonds is 7. The van der Waals surface area contributed by atoms with Crippen LogP contribution in [0.1, 0.15) is 40.0 Å². The molecule has 0 rings (SSSR count). The summed E-state index contributed by atoms with van der Waals surface area (Å²) >= 11 is 0. The van der Waals surface area contributed by atoms with Gasteiger partial charge in [-0.1, -0.05) is 27.2 Å². The molecule has 4 heteroatoms. The van der Waals surface area contributed by atoms with Gasteiger partial charge in [-0.3, -0.25) is 4.79 Å². The van der Waals surface area contributed by atoms with E-state index >= 15 is 0 Å². The molecule has 0 bridgehead atoms. The summed E-state index contributed by atoms with van der Waals surface area (Å²) in [5.41, 5.74) is 0. The summed E-state index contributed by atoms with van der Waals surface area (Å²) in [5.74, 6) is 0.680. The van der Waals surface area contributed by atoms with Gasteiger partial charge < -0.3 is 10.6 Å². The van der Waals surface area contributed by atoms with Crippen LogP contribution in [0.4, 0.5) is 0 Å². The van der Waals surface area contributed by atoms with Gasteiger partial charge in [0, 0.05) is 6.54 Å². The van der Waals surface area contributed by atoms with Crippen LogP contribution in [0.5, 0.6) is 0 Å². The Bertz CT molecular complexity index is 163. The number of hydrogen-bond donors (Lipinski definition) is 2. The van der Waals surface area contributed by atoms with Crippen LogP contribution in [0.25, 0.3) is 0 Å². The molecule has 92 valence electrons. The Morgan fingerprint density at radius 2 is 1.93 bits per heavy atom. The first-order valence-electron chi connectivity index (χ1n) is 5.56. The molecule has 0 aromatic rings. The van der Waals surface area contributed by atoms with Gasteiger partial charge in [0.2, 0.25) is 5.91 Å². The highest BCUT2D eigenvalue weighted by molar-refractivity contribution is 5.85. The van der Waals surface area contributed by atoms with E-state index in [1.54, 1.807) is 0 Å². The third-order valence-electron chi connectivity index (χ3n) is 2.20. The molecular formula is C11H25ClN2O. The van der Waals surface area contributed by atoms with Crippen molar-refractivity contribution in [2.45, 2.75) is 46.1 Å². The second-order valence-corrected chi connectivity index (χ2v) is 4.12. The molecule has 0 aliphatic rings. The molecule has 0 heterocycles. The first-order valence-corrected chi connectivity index (χ1v) is 5.56. The van der Waals surface area contributed by atoms with Gasteiger partial charge in [0.05, 0.1) is 6.04 Å². The predicted molar refractivity (Wildman–Crippen MR) is 67.5 cm³/mol. The number of unbranched alkanes of at least 4 members (excludes halogenated alkanes) is 1. The van der Waals surface area contributed by atoms with E-state index in [2.05, 4.69) is 31.4 Å². The van der Waals surface area contributed by atoms with Crippen molar-refractivity contribution >= 4 is 18.3 Å². The van der Waals surface area contributed by atoms with E-state index in [1.165, 1.54) is 0 Å². The SMILES string of the molecule is CCCCNC(=O)C(CC(C)C)NC.Cl. The Balaban J connectivity index is 0. The maximum atomic E-state index is 11.6. The van der Waals surface area contributed by atoms with Gasteiger partial charge in [-0.15, -0.1) is 12.4 Å². The quantitative estimate of drug-likeness (QED) is 0.664. The third kappa shape index (κ3) is 8.70. The largest absolute Gasteiger partial charge is 0.355 e. The highest BCUT2D eigenvalue weighted by Gasteiger charge is 2.16. The predicted octanol–water partition coefficient (Wildman–Crippen LogP) is 1.96. The molecule has 1 atom stereocenters. The van der Waals surface area contributed by atoms with Crippen molar-refractivity contribution in [2.24, 2.45) is 5.92 Å². The maximum Gasteiger partial charge on any atom is 0.237 e. The molecule has 1 unspecified atom stereocenters. The van der Waals surface area contributed by atoms with E-state index in [0.717, 1.165) is 25.8 Å². The molecule has 0 aliphatic carbocycles. The van der Waals surface area contributed by atoms with Crippen molar-refractivity contribution < 1.29 is 4.79 Å². The van der Waals surface area contributed by atoms with E-state index in [0.29, 0.717) is 5.92 Å². The molecule has 0 saturated carbocycles. The lowest BCUT2D eigenvalue weighted by atomic mass is 10.0. The molecule has 0 spiro atoms. The molecule has 2 N–H and O–H groups in total. The Labute approximate surface area is 99.8 Å². The highest BCUT2D eigenvalue weighted by Crippen LogP contribution is 2.04. The fourth-order valence-corrected chi connectivity index (χ4v) is 1.34. The van der Waals surface area contributed by atoms with E-state index in [1.807, 2.05) is 7.05 Å². The number of carbonyl (C=O) groups is 1. The minimum atomic E-state index is -0.0353. The zero-order valence-corrected chi connectivity index (χ0v) is 11.1. The van der Waals surface area contributed by atoms with E-state index in [-0.39, 0.29) is 24.4 Å². The Morgan fingerprint density at radius 3 is 2.33 bits per heavy atom. The van der Waals surface area contributed by atoms with Crippen LogP contribution in [-0.2, 0) is 4.79 Å². The summed E-state index contributed by atoms with van der Waals surface area (Å²) in [6.07, 6.45) is 3.08. The molecule has 15 heavy (non-hydrogen) atoms. The molecule has 0 fully saturated rings. The summed E-state index contributed by atoms with van der Waals surface area (Å²) in [4.78, 5) is 11.6. The topological polar surface area (TPSA) is 41.1 Å². The zero-order chi connectivity index (χ0) is 11.0. The van der Waals surface area contributed by atoms with Gasteiger partial charge in [0.25, 0.3) is 0 Å². The van der Waals surface area contributed by atoms with Crippen molar-refractivity contribution in [3.8, 4) is 0 Å². The number of nitrogens with one attached hydrogen (secondary N) is 2. The number of halogens is 1. The number of likely N-dealkylation sites (N-methyl/N-ethyl adjacent to an activating group) is 1. The van der Waals surface area contributed by atoms with Crippen molar-refractivity contribution in [2.75, 3.05) is 13.6 Å². The van der Waals surface area contributed by atoms with Gasteiger partial charge in [0.1, 0.15) is 0 Å². The average Bonchev–Trinajstić information content (AvgIpc) is 2.14. The van der Waals surface area contributed by atoms with Crippen molar-refractivity contribution in [1.29, 1.82) is 0 Å². The van der Waals surface area contributed by atoms with Gasteiger partial charge in [-0.25, -0.2) is 0 Å². The number of hydrogen-bond acceptors (Lipinski definition) is 2. The zero-order valence-electron chi connectivity index (χ0n) is 10.3. The summed E-state index contributed by atoms with van der Waals surface area (Å²) < 4.78 is 0. The molecular weight excluding hydrogens is 212 g/mol. The monoisotopic (exact) mass is 236 g/mol. The second-order valence-electron chi connectivity index (χ2n) is 4.12. The number of amides is 1. The van der Waals surface area contributed by atoms with Crippen LogP contribution in [0, 0.1) is 5.92 Å². The summed E-state index contributed by atoms with van der Waals surface area (Å²) in [6.45, 7) is 7.18. The first-order chi connectivity index (χ1) is 6.61. The second kappa shape index (κ2) is 10.2. The Kier molecular flexibility index (Phi) is 11.7. The normalized spacial score (nSPS) is 12.1. The van der Waals surface area contributed by atoms with Crippen LogP contribution in [0.2, 0.25) is 0 Å². The van der Waals surface area contributed by atoms with Crippen LogP contribution in [0.15, 0.2) is 0 Å². The lowest BCUT2D eigenvalue weighted by Crippen LogP contribution is -2.43. The first kappa shape index (κ1) is 17.1. The van der Waals surface area contributed by atoms with E-state index in [4.69, 9.17) is 0 Å².